The van der Waals surface area contributed by atoms with Gasteiger partial charge in [-0.1, -0.05) is 32.6 Å². The predicted molar refractivity (Wildman–Crippen MR) is 60.8 cm³/mol. The third-order valence-corrected chi connectivity index (χ3v) is 2.69. The first-order chi connectivity index (χ1) is 7.24. The van der Waals surface area contributed by atoms with Crippen LogP contribution in [0.15, 0.2) is 0 Å². The number of nitrogens with one attached hydrogen (secondary N) is 1. The first-order valence-electron chi connectivity index (χ1n) is 5.82. The van der Waals surface area contributed by atoms with Crippen molar-refractivity contribution in [2.24, 2.45) is 0 Å². The van der Waals surface area contributed by atoms with Gasteiger partial charge in [0.05, 0.1) is 25.4 Å². The topological polar surface area (TPSA) is 72.7 Å². The molecular formula is C11H25NO3. The lowest BCUT2D eigenvalue weighted by atomic mass is 10.0. The predicted octanol–water partition coefficient (Wildman–Crippen LogP) is 0.262. The lowest BCUT2D eigenvalue weighted by Gasteiger charge is -2.28. The molecular weight excluding hydrogens is 194 g/mol. The van der Waals surface area contributed by atoms with E-state index >= 15 is 0 Å². The minimum atomic E-state index is -0.912. The summed E-state index contributed by atoms with van der Waals surface area (Å²) in [6.07, 6.45) is 5.87. The maximum absolute atomic E-state index is 9.03. The smallest absolute Gasteiger partial charge is 0.0881 e. The number of rotatable bonds is 10. The lowest BCUT2D eigenvalue weighted by molar-refractivity contribution is 0.0425. The molecule has 4 heteroatoms. The van der Waals surface area contributed by atoms with E-state index in [4.69, 9.17) is 15.3 Å². The van der Waals surface area contributed by atoms with E-state index in [1.807, 2.05) is 0 Å². The van der Waals surface area contributed by atoms with E-state index in [1.165, 1.54) is 19.3 Å². The maximum Gasteiger partial charge on any atom is 0.0881 e. The Balaban J connectivity index is 3.54. The summed E-state index contributed by atoms with van der Waals surface area (Å²) < 4.78 is 0. The molecule has 15 heavy (non-hydrogen) atoms. The highest BCUT2D eigenvalue weighted by Gasteiger charge is 2.26. The summed E-state index contributed by atoms with van der Waals surface area (Å²) in [5, 5.41) is 30.1. The summed E-state index contributed by atoms with van der Waals surface area (Å²) in [5.74, 6) is 0. The van der Waals surface area contributed by atoms with Crippen LogP contribution in [0.5, 0.6) is 0 Å². The molecule has 0 saturated carbocycles. The largest absolute Gasteiger partial charge is 0.394 e. The number of unbranched alkanes of at least 4 members (excludes halogenated alkanes) is 4. The van der Waals surface area contributed by atoms with Crippen molar-refractivity contribution in [1.29, 1.82) is 0 Å². The van der Waals surface area contributed by atoms with Gasteiger partial charge in [-0.2, -0.15) is 0 Å². The SMILES string of the molecule is CCCCCCCNC(CO)(CO)CO. The Hall–Kier alpha value is -0.160. The zero-order valence-corrected chi connectivity index (χ0v) is 9.71. The van der Waals surface area contributed by atoms with Crippen LogP contribution in [0.3, 0.4) is 0 Å². The van der Waals surface area contributed by atoms with Gasteiger partial charge < -0.3 is 20.6 Å². The maximum atomic E-state index is 9.03. The Morgan fingerprint density at radius 2 is 1.40 bits per heavy atom. The molecule has 0 fully saturated rings. The molecule has 0 heterocycles. The molecule has 0 unspecified atom stereocenters. The van der Waals surface area contributed by atoms with Crippen molar-refractivity contribution < 1.29 is 15.3 Å². The van der Waals surface area contributed by atoms with Gasteiger partial charge in [-0.05, 0) is 13.0 Å². The summed E-state index contributed by atoms with van der Waals surface area (Å²) in [6, 6.07) is 0. The molecule has 0 spiro atoms. The van der Waals surface area contributed by atoms with E-state index < -0.39 is 5.54 Å². The quantitative estimate of drug-likeness (QED) is 0.398. The lowest BCUT2D eigenvalue weighted by Crippen LogP contribution is -2.55. The number of aliphatic hydroxyl groups is 3. The van der Waals surface area contributed by atoms with Gasteiger partial charge in [-0.3, -0.25) is 0 Å². The van der Waals surface area contributed by atoms with Crippen LogP contribution in [-0.4, -0.2) is 47.2 Å². The van der Waals surface area contributed by atoms with Crippen LogP contribution in [-0.2, 0) is 0 Å². The molecule has 4 N–H and O–H groups in total. The Morgan fingerprint density at radius 3 is 1.87 bits per heavy atom. The summed E-state index contributed by atoms with van der Waals surface area (Å²) in [4.78, 5) is 0. The summed E-state index contributed by atoms with van der Waals surface area (Å²) in [6.45, 7) is 2.18. The van der Waals surface area contributed by atoms with Crippen LogP contribution in [0.1, 0.15) is 39.0 Å². The fourth-order valence-corrected chi connectivity index (χ4v) is 1.40. The van der Waals surface area contributed by atoms with Crippen molar-refractivity contribution in [2.45, 2.75) is 44.6 Å². The highest BCUT2D eigenvalue weighted by atomic mass is 16.3. The van der Waals surface area contributed by atoms with E-state index in [2.05, 4.69) is 12.2 Å². The second-order valence-corrected chi connectivity index (χ2v) is 4.10. The highest BCUT2D eigenvalue weighted by Crippen LogP contribution is 2.04. The van der Waals surface area contributed by atoms with Gasteiger partial charge in [0.25, 0.3) is 0 Å². The van der Waals surface area contributed by atoms with Crippen LogP contribution < -0.4 is 5.32 Å². The van der Waals surface area contributed by atoms with Gasteiger partial charge in [-0.25, -0.2) is 0 Å². The second-order valence-electron chi connectivity index (χ2n) is 4.10. The molecule has 0 rings (SSSR count). The first-order valence-corrected chi connectivity index (χ1v) is 5.82. The van der Waals surface area contributed by atoms with Crippen LogP contribution in [0.25, 0.3) is 0 Å². The zero-order valence-electron chi connectivity index (χ0n) is 9.71. The van der Waals surface area contributed by atoms with Crippen molar-refractivity contribution >= 4 is 0 Å². The Bertz CT molecular complexity index is 130. The molecule has 0 radical (unpaired) electrons. The molecule has 4 nitrogen and oxygen atoms in total. The molecule has 0 saturated heterocycles. The van der Waals surface area contributed by atoms with E-state index in [9.17, 15) is 0 Å². The van der Waals surface area contributed by atoms with Gasteiger partial charge in [0, 0.05) is 0 Å². The first kappa shape index (κ1) is 14.8. The molecule has 0 aromatic carbocycles. The third kappa shape index (κ3) is 6.10. The van der Waals surface area contributed by atoms with Gasteiger partial charge in [0.15, 0.2) is 0 Å². The zero-order chi connectivity index (χ0) is 11.6. The van der Waals surface area contributed by atoms with Crippen LogP contribution >= 0.6 is 0 Å². The summed E-state index contributed by atoms with van der Waals surface area (Å²) in [5.41, 5.74) is -0.912. The standard InChI is InChI=1S/C11H25NO3/c1-2-3-4-5-6-7-12-11(8-13,9-14)10-15/h12-15H,2-10H2,1H3. The molecule has 0 aliphatic heterocycles. The molecule has 0 aromatic rings. The Morgan fingerprint density at radius 1 is 0.867 bits per heavy atom. The van der Waals surface area contributed by atoms with Gasteiger partial charge in [0.1, 0.15) is 0 Å². The minimum absolute atomic E-state index is 0.241. The number of hydrogen-bond acceptors (Lipinski definition) is 4. The number of hydrogen-bond donors (Lipinski definition) is 4. The van der Waals surface area contributed by atoms with Crippen LogP contribution in [0, 0.1) is 0 Å². The van der Waals surface area contributed by atoms with Gasteiger partial charge >= 0.3 is 0 Å². The van der Waals surface area contributed by atoms with E-state index in [0.717, 1.165) is 19.4 Å². The second kappa shape index (κ2) is 9.09. The highest BCUT2D eigenvalue weighted by molar-refractivity contribution is 4.85. The molecule has 0 aromatic heterocycles. The molecule has 0 aliphatic rings. The monoisotopic (exact) mass is 219 g/mol. The summed E-state index contributed by atoms with van der Waals surface area (Å²) in [7, 11) is 0. The van der Waals surface area contributed by atoms with Crippen LogP contribution in [0.2, 0.25) is 0 Å². The Kier molecular flexibility index (Phi) is 9.00. The fraction of sp³-hybridized carbons (Fsp3) is 1.00. The van der Waals surface area contributed by atoms with Crippen molar-refractivity contribution in [1.82, 2.24) is 5.32 Å². The van der Waals surface area contributed by atoms with Crippen molar-refractivity contribution in [3.8, 4) is 0 Å². The van der Waals surface area contributed by atoms with Gasteiger partial charge in [-0.15, -0.1) is 0 Å². The van der Waals surface area contributed by atoms with Crippen molar-refractivity contribution in [2.75, 3.05) is 26.4 Å². The average Bonchev–Trinajstić information content (AvgIpc) is 2.29. The number of aliphatic hydroxyl groups excluding tert-OH is 3. The normalized spacial score (nSPS) is 12.0. The Labute approximate surface area is 92.3 Å². The molecule has 92 valence electrons. The van der Waals surface area contributed by atoms with E-state index in [0.29, 0.717) is 0 Å². The van der Waals surface area contributed by atoms with Crippen molar-refractivity contribution in [3.63, 3.8) is 0 Å². The molecule has 0 atom stereocenters. The van der Waals surface area contributed by atoms with E-state index in [-0.39, 0.29) is 19.8 Å². The summed E-state index contributed by atoms with van der Waals surface area (Å²) >= 11 is 0. The average molecular weight is 219 g/mol. The van der Waals surface area contributed by atoms with Crippen LogP contribution in [0.4, 0.5) is 0 Å². The van der Waals surface area contributed by atoms with Crippen molar-refractivity contribution in [3.05, 3.63) is 0 Å². The van der Waals surface area contributed by atoms with Gasteiger partial charge in [0.2, 0.25) is 0 Å². The minimum Gasteiger partial charge on any atom is -0.394 e. The molecule has 0 amide bonds. The fourth-order valence-electron chi connectivity index (χ4n) is 1.40. The van der Waals surface area contributed by atoms with E-state index in [1.54, 1.807) is 0 Å². The molecule has 0 bridgehead atoms. The third-order valence-electron chi connectivity index (χ3n) is 2.69. The molecule has 0 aliphatic carbocycles.